The number of halogens is 3. The molecule has 0 saturated heterocycles. The average molecular weight is 431 g/mol. The predicted octanol–water partition coefficient (Wildman–Crippen LogP) is 6.28. The molecule has 3 rings (SSSR count). The first-order chi connectivity index (χ1) is 14.3. The molecule has 0 aliphatic heterocycles. The van der Waals surface area contributed by atoms with Crippen LogP contribution in [0.4, 0.5) is 8.78 Å². The third-order valence-corrected chi connectivity index (χ3v) is 5.69. The number of amides is 1. The van der Waals surface area contributed by atoms with Crippen molar-refractivity contribution in [2.24, 2.45) is 5.73 Å². The Morgan fingerprint density at radius 3 is 2.47 bits per heavy atom. The Bertz CT molecular complexity index is 1080. The second kappa shape index (κ2) is 9.43. The van der Waals surface area contributed by atoms with Crippen LogP contribution in [0.25, 0.3) is 11.1 Å². The number of primary amides is 1. The van der Waals surface area contributed by atoms with Crippen molar-refractivity contribution in [3.05, 3.63) is 81.6 Å². The van der Waals surface area contributed by atoms with E-state index in [-0.39, 0.29) is 0 Å². The van der Waals surface area contributed by atoms with E-state index in [1.54, 1.807) is 12.1 Å². The monoisotopic (exact) mass is 430 g/mol. The van der Waals surface area contributed by atoms with E-state index in [2.05, 4.69) is 6.92 Å². The summed E-state index contributed by atoms with van der Waals surface area (Å²) < 4.78 is 29.1. The van der Waals surface area contributed by atoms with E-state index >= 15 is 0 Å². The number of unbranched alkanes of at least 4 members (excludes halogenated alkanes) is 2. The zero-order valence-electron chi connectivity index (χ0n) is 17.1. The number of hydrogen-bond donors (Lipinski definition) is 1. The van der Waals surface area contributed by atoms with E-state index < -0.39 is 17.5 Å². The molecule has 0 fully saturated rings. The Labute approximate surface area is 180 Å². The minimum absolute atomic E-state index is 0.301. The summed E-state index contributed by atoms with van der Waals surface area (Å²) in [4.78, 5) is 12.4. The van der Waals surface area contributed by atoms with Gasteiger partial charge >= 0.3 is 0 Å². The lowest BCUT2D eigenvalue weighted by atomic mass is 9.97. The van der Waals surface area contributed by atoms with Crippen molar-refractivity contribution in [3.63, 3.8) is 0 Å². The largest absolute Gasteiger partial charge is 0.366 e. The number of benzene rings is 2. The van der Waals surface area contributed by atoms with Gasteiger partial charge in [0.15, 0.2) is 11.6 Å². The smallest absolute Gasteiger partial charge is 0.251 e. The van der Waals surface area contributed by atoms with Gasteiger partial charge in [0.1, 0.15) is 0 Å². The number of carbonyl (C=O) groups excluding carboxylic acids is 1. The van der Waals surface area contributed by atoms with E-state index in [4.69, 9.17) is 17.3 Å². The molecule has 2 N–H and O–H groups in total. The van der Waals surface area contributed by atoms with Gasteiger partial charge in [-0.1, -0.05) is 55.6 Å². The van der Waals surface area contributed by atoms with Gasteiger partial charge in [0, 0.05) is 34.1 Å². The standard InChI is InChI=1S/C24H25ClF2N2O/c1-3-4-5-10-21-23(17-8-6-7-9-18(17)25)22(24(28)30)15(2)29(21)14-16-11-12-19(26)20(27)13-16/h6-9,11-13H,3-5,10,14H2,1-2H3,(H2,28,30). The predicted molar refractivity (Wildman–Crippen MR) is 117 cm³/mol. The van der Waals surface area contributed by atoms with Crippen LogP contribution in [-0.4, -0.2) is 10.5 Å². The molecule has 1 aromatic heterocycles. The van der Waals surface area contributed by atoms with Crippen molar-refractivity contribution >= 4 is 17.5 Å². The van der Waals surface area contributed by atoms with Crippen molar-refractivity contribution in [1.29, 1.82) is 0 Å². The molecule has 0 radical (unpaired) electrons. The highest BCUT2D eigenvalue weighted by atomic mass is 35.5. The summed E-state index contributed by atoms with van der Waals surface area (Å²) in [5.74, 6) is -2.32. The molecule has 2 aromatic carbocycles. The van der Waals surface area contributed by atoms with Crippen LogP contribution in [0.5, 0.6) is 0 Å². The van der Waals surface area contributed by atoms with Crippen molar-refractivity contribution in [2.75, 3.05) is 0 Å². The van der Waals surface area contributed by atoms with Gasteiger partial charge < -0.3 is 10.3 Å². The lowest BCUT2D eigenvalue weighted by Crippen LogP contribution is -2.13. The quantitative estimate of drug-likeness (QED) is 0.420. The maximum absolute atomic E-state index is 13.8. The van der Waals surface area contributed by atoms with Crippen LogP contribution in [0, 0.1) is 18.6 Å². The van der Waals surface area contributed by atoms with Crippen molar-refractivity contribution in [1.82, 2.24) is 4.57 Å². The van der Waals surface area contributed by atoms with E-state index in [0.29, 0.717) is 34.8 Å². The Morgan fingerprint density at radius 1 is 1.10 bits per heavy atom. The third kappa shape index (κ3) is 4.41. The fraction of sp³-hybridized carbons (Fsp3) is 0.292. The number of aromatic nitrogens is 1. The highest BCUT2D eigenvalue weighted by Crippen LogP contribution is 2.38. The fourth-order valence-electron chi connectivity index (χ4n) is 3.89. The zero-order valence-corrected chi connectivity index (χ0v) is 17.9. The van der Waals surface area contributed by atoms with E-state index in [9.17, 15) is 13.6 Å². The molecule has 1 amide bonds. The van der Waals surface area contributed by atoms with Crippen LogP contribution < -0.4 is 5.73 Å². The highest BCUT2D eigenvalue weighted by Gasteiger charge is 2.26. The van der Waals surface area contributed by atoms with Gasteiger partial charge in [-0.25, -0.2) is 8.78 Å². The minimum atomic E-state index is -0.897. The van der Waals surface area contributed by atoms with Crippen LogP contribution >= 0.6 is 11.6 Å². The SMILES string of the molecule is CCCCCc1c(-c2ccccc2Cl)c(C(N)=O)c(C)n1Cc1ccc(F)c(F)c1. The maximum Gasteiger partial charge on any atom is 0.251 e. The first kappa shape index (κ1) is 22.0. The molecule has 0 bridgehead atoms. The molecule has 6 heteroatoms. The van der Waals surface area contributed by atoms with E-state index in [1.165, 1.54) is 6.07 Å². The van der Waals surface area contributed by atoms with E-state index in [0.717, 1.165) is 42.1 Å². The second-order valence-corrected chi connectivity index (χ2v) is 7.83. The Morgan fingerprint density at radius 2 is 1.83 bits per heavy atom. The fourth-order valence-corrected chi connectivity index (χ4v) is 4.12. The number of rotatable bonds is 8. The van der Waals surface area contributed by atoms with Crippen LogP contribution in [0.2, 0.25) is 5.02 Å². The lowest BCUT2D eigenvalue weighted by Gasteiger charge is -2.14. The Hall–Kier alpha value is -2.66. The molecular weight excluding hydrogens is 406 g/mol. The van der Waals surface area contributed by atoms with Gasteiger partial charge in [-0.15, -0.1) is 0 Å². The summed E-state index contributed by atoms with van der Waals surface area (Å²) >= 11 is 6.48. The first-order valence-electron chi connectivity index (χ1n) is 10.1. The van der Waals surface area contributed by atoms with Crippen LogP contribution in [0.15, 0.2) is 42.5 Å². The highest BCUT2D eigenvalue weighted by molar-refractivity contribution is 6.33. The Balaban J connectivity index is 2.22. The van der Waals surface area contributed by atoms with Crippen LogP contribution in [0.3, 0.4) is 0 Å². The molecule has 158 valence electrons. The number of hydrogen-bond acceptors (Lipinski definition) is 1. The van der Waals surface area contributed by atoms with Crippen molar-refractivity contribution in [2.45, 2.75) is 46.1 Å². The number of nitrogens with two attached hydrogens (primary N) is 1. The summed E-state index contributed by atoms with van der Waals surface area (Å²) in [6.07, 6.45) is 3.72. The minimum Gasteiger partial charge on any atom is -0.366 e. The molecule has 0 spiro atoms. The van der Waals surface area contributed by atoms with Gasteiger partial charge in [0.25, 0.3) is 5.91 Å². The molecule has 0 unspecified atom stereocenters. The molecular formula is C24H25ClF2N2O. The van der Waals surface area contributed by atoms with Crippen molar-refractivity contribution in [3.8, 4) is 11.1 Å². The molecule has 0 aliphatic rings. The maximum atomic E-state index is 13.8. The van der Waals surface area contributed by atoms with Gasteiger partial charge in [0.05, 0.1) is 5.56 Å². The zero-order chi connectivity index (χ0) is 21.8. The summed E-state index contributed by atoms with van der Waals surface area (Å²) in [5, 5.41) is 0.529. The molecule has 3 nitrogen and oxygen atoms in total. The second-order valence-electron chi connectivity index (χ2n) is 7.42. The molecule has 0 saturated carbocycles. The topological polar surface area (TPSA) is 48.0 Å². The molecule has 3 aromatic rings. The third-order valence-electron chi connectivity index (χ3n) is 5.36. The van der Waals surface area contributed by atoms with Crippen molar-refractivity contribution < 1.29 is 13.6 Å². The summed E-state index contributed by atoms with van der Waals surface area (Å²) in [5.41, 5.74) is 9.87. The van der Waals surface area contributed by atoms with Gasteiger partial charge in [-0.05, 0) is 43.5 Å². The molecule has 0 atom stereocenters. The summed E-state index contributed by atoms with van der Waals surface area (Å²) in [6, 6.07) is 11.2. The number of carbonyl (C=O) groups is 1. The van der Waals surface area contributed by atoms with Crippen LogP contribution in [-0.2, 0) is 13.0 Å². The molecule has 0 aliphatic carbocycles. The number of nitrogens with zero attached hydrogens (tertiary/aromatic N) is 1. The normalized spacial score (nSPS) is 11.1. The molecule has 30 heavy (non-hydrogen) atoms. The van der Waals surface area contributed by atoms with Gasteiger partial charge in [-0.3, -0.25) is 4.79 Å². The summed E-state index contributed by atoms with van der Waals surface area (Å²) in [7, 11) is 0. The van der Waals surface area contributed by atoms with Gasteiger partial charge in [0.2, 0.25) is 0 Å². The summed E-state index contributed by atoms with van der Waals surface area (Å²) in [6.45, 7) is 4.24. The molecule has 1 heterocycles. The average Bonchev–Trinajstić information content (AvgIpc) is 2.97. The van der Waals surface area contributed by atoms with Crippen LogP contribution in [0.1, 0.15) is 53.5 Å². The van der Waals surface area contributed by atoms with E-state index in [1.807, 2.05) is 29.7 Å². The lowest BCUT2D eigenvalue weighted by molar-refractivity contribution is 0.1000. The first-order valence-corrected chi connectivity index (χ1v) is 10.4. The van der Waals surface area contributed by atoms with Gasteiger partial charge in [-0.2, -0.15) is 0 Å². The Kier molecular flexibility index (Phi) is 6.93.